The molecular formula is C13H21NO. The minimum absolute atomic E-state index is 0.551. The summed E-state index contributed by atoms with van der Waals surface area (Å²) in [5.41, 5.74) is 2.51. The normalized spacial score (nSPS) is 12.5. The standard InChI is InChI=1S/C13H21NO/c1-5-11(3)14-9-12-8-10(2)6-7-13(12)15-4/h6-8,11,14H,5,9H2,1-4H3. The van der Waals surface area contributed by atoms with Crippen molar-refractivity contribution in [3.8, 4) is 5.75 Å². The largest absolute Gasteiger partial charge is 0.496 e. The van der Waals surface area contributed by atoms with E-state index in [4.69, 9.17) is 4.74 Å². The third-order valence-electron chi connectivity index (χ3n) is 2.69. The minimum atomic E-state index is 0.551. The van der Waals surface area contributed by atoms with E-state index in [9.17, 15) is 0 Å². The van der Waals surface area contributed by atoms with Crippen molar-refractivity contribution in [1.29, 1.82) is 0 Å². The zero-order valence-electron chi connectivity index (χ0n) is 10.1. The molecule has 0 amide bonds. The Balaban J connectivity index is 2.69. The SMILES string of the molecule is CCC(C)NCc1cc(C)ccc1OC. The van der Waals surface area contributed by atoms with Gasteiger partial charge in [0, 0.05) is 18.2 Å². The number of nitrogens with one attached hydrogen (secondary N) is 1. The molecular weight excluding hydrogens is 186 g/mol. The monoisotopic (exact) mass is 207 g/mol. The van der Waals surface area contributed by atoms with Crippen LogP contribution in [0.25, 0.3) is 0 Å². The number of rotatable bonds is 5. The maximum Gasteiger partial charge on any atom is 0.123 e. The molecule has 0 aliphatic carbocycles. The highest BCUT2D eigenvalue weighted by Gasteiger charge is 2.04. The van der Waals surface area contributed by atoms with E-state index < -0.39 is 0 Å². The van der Waals surface area contributed by atoms with Crippen LogP contribution in [0.1, 0.15) is 31.4 Å². The molecule has 1 N–H and O–H groups in total. The van der Waals surface area contributed by atoms with Gasteiger partial charge in [0.25, 0.3) is 0 Å². The van der Waals surface area contributed by atoms with Gasteiger partial charge in [-0.3, -0.25) is 0 Å². The first kappa shape index (κ1) is 12.1. The quantitative estimate of drug-likeness (QED) is 0.801. The van der Waals surface area contributed by atoms with Crippen LogP contribution in [0.3, 0.4) is 0 Å². The summed E-state index contributed by atoms with van der Waals surface area (Å²) < 4.78 is 5.33. The van der Waals surface area contributed by atoms with E-state index in [0.29, 0.717) is 6.04 Å². The zero-order chi connectivity index (χ0) is 11.3. The van der Waals surface area contributed by atoms with E-state index in [2.05, 4.69) is 38.2 Å². The van der Waals surface area contributed by atoms with Crippen LogP contribution in [0, 0.1) is 6.92 Å². The molecule has 15 heavy (non-hydrogen) atoms. The lowest BCUT2D eigenvalue weighted by Crippen LogP contribution is -2.24. The Bertz CT molecular complexity index is 309. The second kappa shape index (κ2) is 5.76. The van der Waals surface area contributed by atoms with Crippen LogP contribution in [0.15, 0.2) is 18.2 Å². The van der Waals surface area contributed by atoms with Gasteiger partial charge in [0.2, 0.25) is 0 Å². The smallest absolute Gasteiger partial charge is 0.123 e. The third-order valence-corrected chi connectivity index (χ3v) is 2.69. The molecule has 0 aliphatic rings. The van der Waals surface area contributed by atoms with Gasteiger partial charge in [-0.05, 0) is 26.3 Å². The molecule has 84 valence electrons. The Kier molecular flexibility index (Phi) is 4.63. The molecule has 0 fully saturated rings. The molecule has 0 saturated heterocycles. The summed E-state index contributed by atoms with van der Waals surface area (Å²) in [7, 11) is 1.72. The van der Waals surface area contributed by atoms with Gasteiger partial charge >= 0.3 is 0 Å². The van der Waals surface area contributed by atoms with Crippen molar-refractivity contribution in [1.82, 2.24) is 5.32 Å². The van der Waals surface area contributed by atoms with Gasteiger partial charge < -0.3 is 10.1 Å². The maximum absolute atomic E-state index is 5.33. The highest BCUT2D eigenvalue weighted by molar-refractivity contribution is 5.36. The van der Waals surface area contributed by atoms with E-state index in [1.807, 2.05) is 6.07 Å². The number of hydrogen-bond donors (Lipinski definition) is 1. The lowest BCUT2D eigenvalue weighted by molar-refractivity contribution is 0.405. The lowest BCUT2D eigenvalue weighted by atomic mass is 10.1. The Morgan fingerprint density at radius 1 is 1.40 bits per heavy atom. The van der Waals surface area contributed by atoms with Crippen LogP contribution in [0.5, 0.6) is 5.75 Å². The molecule has 0 radical (unpaired) electrons. The van der Waals surface area contributed by atoms with Gasteiger partial charge in [0.1, 0.15) is 5.75 Å². The van der Waals surface area contributed by atoms with E-state index in [-0.39, 0.29) is 0 Å². The van der Waals surface area contributed by atoms with Crippen LogP contribution in [0.4, 0.5) is 0 Å². The van der Waals surface area contributed by atoms with Crippen LogP contribution in [0.2, 0.25) is 0 Å². The number of aryl methyl sites for hydroxylation is 1. The molecule has 1 aromatic rings. The highest BCUT2D eigenvalue weighted by atomic mass is 16.5. The highest BCUT2D eigenvalue weighted by Crippen LogP contribution is 2.19. The molecule has 1 aromatic carbocycles. The molecule has 0 bridgehead atoms. The second-order valence-electron chi connectivity index (χ2n) is 4.01. The van der Waals surface area contributed by atoms with Crippen molar-refractivity contribution in [3.05, 3.63) is 29.3 Å². The molecule has 0 aromatic heterocycles. The summed E-state index contributed by atoms with van der Waals surface area (Å²) in [6.45, 7) is 7.36. The van der Waals surface area contributed by atoms with Gasteiger partial charge in [0.15, 0.2) is 0 Å². The molecule has 1 atom stereocenters. The minimum Gasteiger partial charge on any atom is -0.496 e. The van der Waals surface area contributed by atoms with Crippen molar-refractivity contribution >= 4 is 0 Å². The van der Waals surface area contributed by atoms with Gasteiger partial charge in [-0.25, -0.2) is 0 Å². The predicted molar refractivity (Wildman–Crippen MR) is 64.3 cm³/mol. The number of methoxy groups -OCH3 is 1. The van der Waals surface area contributed by atoms with E-state index in [1.165, 1.54) is 11.1 Å². The van der Waals surface area contributed by atoms with Crippen LogP contribution in [-0.4, -0.2) is 13.2 Å². The van der Waals surface area contributed by atoms with Crippen molar-refractivity contribution in [2.75, 3.05) is 7.11 Å². The molecule has 0 heterocycles. The first-order valence-corrected chi connectivity index (χ1v) is 5.54. The fourth-order valence-corrected chi connectivity index (χ4v) is 1.47. The van der Waals surface area contributed by atoms with Crippen molar-refractivity contribution in [2.45, 2.75) is 39.8 Å². The molecule has 0 aliphatic heterocycles. The Morgan fingerprint density at radius 2 is 2.13 bits per heavy atom. The van der Waals surface area contributed by atoms with E-state index >= 15 is 0 Å². The molecule has 1 rings (SSSR count). The van der Waals surface area contributed by atoms with Gasteiger partial charge in [-0.2, -0.15) is 0 Å². The fraction of sp³-hybridized carbons (Fsp3) is 0.538. The molecule has 1 unspecified atom stereocenters. The van der Waals surface area contributed by atoms with Gasteiger partial charge in [-0.15, -0.1) is 0 Å². The number of hydrogen-bond acceptors (Lipinski definition) is 2. The summed E-state index contributed by atoms with van der Waals surface area (Å²) >= 11 is 0. The molecule has 0 saturated carbocycles. The van der Waals surface area contributed by atoms with Crippen molar-refractivity contribution < 1.29 is 4.74 Å². The fourth-order valence-electron chi connectivity index (χ4n) is 1.47. The maximum atomic E-state index is 5.33. The van der Waals surface area contributed by atoms with Crippen LogP contribution in [-0.2, 0) is 6.54 Å². The predicted octanol–water partition coefficient (Wildman–Crippen LogP) is 2.89. The van der Waals surface area contributed by atoms with Crippen molar-refractivity contribution in [2.24, 2.45) is 0 Å². The average Bonchev–Trinajstić information content (AvgIpc) is 2.26. The van der Waals surface area contributed by atoms with Crippen molar-refractivity contribution in [3.63, 3.8) is 0 Å². The molecule has 2 nitrogen and oxygen atoms in total. The Hall–Kier alpha value is -1.02. The summed E-state index contributed by atoms with van der Waals surface area (Å²) in [6, 6.07) is 6.83. The number of benzene rings is 1. The second-order valence-corrected chi connectivity index (χ2v) is 4.01. The zero-order valence-corrected chi connectivity index (χ0v) is 10.1. The topological polar surface area (TPSA) is 21.3 Å². The third kappa shape index (κ3) is 3.56. The molecule has 0 spiro atoms. The van der Waals surface area contributed by atoms with Gasteiger partial charge in [0.05, 0.1) is 7.11 Å². The number of ether oxygens (including phenoxy) is 1. The van der Waals surface area contributed by atoms with E-state index in [1.54, 1.807) is 7.11 Å². The first-order chi connectivity index (χ1) is 7.17. The Labute approximate surface area is 92.6 Å². The van der Waals surface area contributed by atoms with Gasteiger partial charge in [-0.1, -0.05) is 24.6 Å². The summed E-state index contributed by atoms with van der Waals surface area (Å²) in [4.78, 5) is 0. The lowest BCUT2D eigenvalue weighted by Gasteiger charge is -2.14. The van der Waals surface area contributed by atoms with Crippen LogP contribution >= 0.6 is 0 Å². The molecule has 2 heteroatoms. The van der Waals surface area contributed by atoms with Crippen LogP contribution < -0.4 is 10.1 Å². The first-order valence-electron chi connectivity index (χ1n) is 5.54. The summed E-state index contributed by atoms with van der Waals surface area (Å²) in [6.07, 6.45) is 1.15. The summed E-state index contributed by atoms with van der Waals surface area (Å²) in [5, 5.41) is 3.47. The van der Waals surface area contributed by atoms with E-state index in [0.717, 1.165) is 18.7 Å². The Morgan fingerprint density at radius 3 is 2.73 bits per heavy atom. The average molecular weight is 207 g/mol. The summed E-state index contributed by atoms with van der Waals surface area (Å²) in [5.74, 6) is 0.969.